The lowest BCUT2D eigenvalue weighted by molar-refractivity contribution is -0.112. The number of ether oxygens (including phenoxy) is 2. The number of methoxy groups -OCH3 is 1. The molecule has 0 aliphatic rings. The van der Waals surface area contributed by atoms with Crippen molar-refractivity contribution in [2.75, 3.05) is 12.4 Å². The number of anilines is 1. The summed E-state index contributed by atoms with van der Waals surface area (Å²) in [5, 5.41) is 12.9. The third-order valence-corrected chi connectivity index (χ3v) is 5.34. The number of carbonyl (C=O) groups excluding carboxylic acids is 1. The lowest BCUT2D eigenvalue weighted by Gasteiger charge is -2.14. The van der Waals surface area contributed by atoms with E-state index in [2.05, 4.69) is 21.2 Å². The van der Waals surface area contributed by atoms with E-state index >= 15 is 0 Å². The van der Waals surface area contributed by atoms with Crippen LogP contribution in [0.1, 0.15) is 16.7 Å². The normalized spacial score (nSPS) is 10.9. The van der Waals surface area contributed by atoms with Gasteiger partial charge in [-0.15, -0.1) is 0 Å². The zero-order valence-electron chi connectivity index (χ0n) is 17.5. The van der Waals surface area contributed by atoms with Gasteiger partial charge in [0.1, 0.15) is 18.2 Å². The first kappa shape index (κ1) is 23.4. The summed E-state index contributed by atoms with van der Waals surface area (Å²) in [6, 6.07) is 20.2. The molecule has 0 unspecified atom stereocenters. The van der Waals surface area contributed by atoms with E-state index in [1.807, 2.05) is 43.3 Å². The Balaban J connectivity index is 1.81. The summed E-state index contributed by atoms with van der Waals surface area (Å²) in [5.41, 5.74) is 3.17. The van der Waals surface area contributed by atoms with Crippen LogP contribution >= 0.6 is 27.5 Å². The van der Waals surface area contributed by atoms with E-state index in [1.165, 1.54) is 13.2 Å². The van der Waals surface area contributed by atoms with Crippen molar-refractivity contribution in [3.05, 3.63) is 92.4 Å². The number of hydrogen-bond acceptors (Lipinski definition) is 4. The lowest BCUT2D eigenvalue weighted by Crippen LogP contribution is -2.13. The van der Waals surface area contributed by atoms with Gasteiger partial charge in [-0.05, 0) is 82.0 Å². The number of benzene rings is 3. The van der Waals surface area contributed by atoms with Crippen LogP contribution < -0.4 is 14.8 Å². The van der Waals surface area contributed by atoms with Crippen LogP contribution in [0, 0.1) is 18.3 Å². The second-order valence-corrected chi connectivity index (χ2v) is 8.23. The summed E-state index contributed by atoms with van der Waals surface area (Å²) in [6.45, 7) is 2.25. The Morgan fingerprint density at radius 1 is 1.19 bits per heavy atom. The molecule has 0 spiro atoms. The van der Waals surface area contributed by atoms with Gasteiger partial charge in [-0.2, -0.15) is 5.26 Å². The van der Waals surface area contributed by atoms with E-state index in [-0.39, 0.29) is 5.57 Å². The highest BCUT2D eigenvalue weighted by Crippen LogP contribution is 2.38. The first-order valence-electron chi connectivity index (χ1n) is 9.64. The molecule has 0 aliphatic heterocycles. The molecule has 5 nitrogen and oxygen atoms in total. The van der Waals surface area contributed by atoms with Gasteiger partial charge in [0.25, 0.3) is 5.91 Å². The summed E-state index contributed by atoms with van der Waals surface area (Å²) in [4.78, 5) is 12.6. The first-order valence-corrected chi connectivity index (χ1v) is 10.8. The number of carbonyl (C=O) groups is 1. The molecule has 3 rings (SSSR count). The molecule has 0 aromatic heterocycles. The number of halogens is 2. The van der Waals surface area contributed by atoms with Gasteiger partial charge in [-0.3, -0.25) is 4.79 Å². The molecule has 0 bridgehead atoms. The molecule has 7 heteroatoms. The maximum absolute atomic E-state index is 12.6. The maximum Gasteiger partial charge on any atom is 0.266 e. The van der Waals surface area contributed by atoms with Crippen LogP contribution in [0.4, 0.5) is 5.69 Å². The lowest BCUT2D eigenvalue weighted by atomic mass is 10.1. The molecule has 32 heavy (non-hydrogen) atoms. The minimum absolute atomic E-state index is 0.0321. The van der Waals surface area contributed by atoms with Crippen molar-refractivity contribution in [2.24, 2.45) is 0 Å². The summed E-state index contributed by atoms with van der Waals surface area (Å²) in [6.07, 6.45) is 1.50. The molecule has 0 saturated heterocycles. The van der Waals surface area contributed by atoms with E-state index in [4.69, 9.17) is 21.1 Å². The predicted octanol–water partition coefficient (Wildman–Crippen LogP) is 6.54. The number of amides is 1. The van der Waals surface area contributed by atoms with Gasteiger partial charge < -0.3 is 14.8 Å². The van der Waals surface area contributed by atoms with Crippen LogP contribution in [0.5, 0.6) is 11.5 Å². The largest absolute Gasteiger partial charge is 0.493 e. The zero-order valence-corrected chi connectivity index (χ0v) is 19.8. The summed E-state index contributed by atoms with van der Waals surface area (Å²) >= 11 is 9.42. The van der Waals surface area contributed by atoms with Gasteiger partial charge in [0.05, 0.1) is 11.6 Å². The van der Waals surface area contributed by atoms with Crippen molar-refractivity contribution in [3.8, 4) is 17.6 Å². The second kappa shape index (κ2) is 10.9. The highest BCUT2D eigenvalue weighted by atomic mass is 79.9. The van der Waals surface area contributed by atoms with Gasteiger partial charge in [-0.1, -0.05) is 35.9 Å². The Morgan fingerprint density at radius 3 is 2.59 bits per heavy atom. The van der Waals surface area contributed by atoms with Crippen molar-refractivity contribution in [3.63, 3.8) is 0 Å². The molecule has 3 aromatic carbocycles. The number of aryl methyl sites for hydroxylation is 1. The Kier molecular flexibility index (Phi) is 7.93. The van der Waals surface area contributed by atoms with Crippen molar-refractivity contribution < 1.29 is 14.3 Å². The average molecular weight is 512 g/mol. The van der Waals surface area contributed by atoms with Crippen LogP contribution in [0.25, 0.3) is 6.08 Å². The minimum Gasteiger partial charge on any atom is -0.493 e. The van der Waals surface area contributed by atoms with Gasteiger partial charge in [0.2, 0.25) is 0 Å². The van der Waals surface area contributed by atoms with Gasteiger partial charge >= 0.3 is 0 Å². The van der Waals surface area contributed by atoms with Crippen molar-refractivity contribution >= 4 is 45.2 Å². The Hall–Kier alpha value is -3.27. The van der Waals surface area contributed by atoms with Crippen LogP contribution in [0.3, 0.4) is 0 Å². The van der Waals surface area contributed by atoms with E-state index in [1.54, 1.807) is 30.3 Å². The molecule has 1 N–H and O–H groups in total. The SMILES string of the molecule is COc1cc(/C=C(/C#N)C(=O)Nc2cccc(C)c2)cc(Br)c1OCc1ccc(Cl)cc1. The van der Waals surface area contributed by atoms with Crippen molar-refractivity contribution in [1.82, 2.24) is 0 Å². The quantitative estimate of drug-likeness (QED) is 0.289. The van der Waals surface area contributed by atoms with Gasteiger partial charge in [0, 0.05) is 10.7 Å². The van der Waals surface area contributed by atoms with Crippen molar-refractivity contribution in [1.29, 1.82) is 5.26 Å². The molecule has 3 aromatic rings. The van der Waals surface area contributed by atoms with Crippen LogP contribution in [-0.2, 0) is 11.4 Å². The van der Waals surface area contributed by atoms with Gasteiger partial charge in [0.15, 0.2) is 11.5 Å². The molecular weight excluding hydrogens is 492 g/mol. The standard InChI is InChI=1S/C25H20BrClN2O3/c1-16-4-3-5-21(10-16)29-25(30)19(14-28)11-18-12-22(26)24(23(13-18)31-2)32-15-17-6-8-20(27)9-7-17/h3-13H,15H2,1-2H3,(H,29,30)/b19-11-. The third kappa shape index (κ3) is 6.13. The van der Waals surface area contributed by atoms with Crippen LogP contribution in [-0.4, -0.2) is 13.0 Å². The Bertz CT molecular complexity index is 1200. The van der Waals surface area contributed by atoms with E-state index in [9.17, 15) is 10.1 Å². The first-order chi connectivity index (χ1) is 15.4. The topological polar surface area (TPSA) is 71.3 Å². The molecule has 0 atom stereocenters. The Labute approximate surface area is 200 Å². The van der Waals surface area contributed by atoms with Gasteiger partial charge in [-0.25, -0.2) is 0 Å². The fourth-order valence-electron chi connectivity index (χ4n) is 2.94. The minimum atomic E-state index is -0.490. The zero-order chi connectivity index (χ0) is 23.1. The van der Waals surface area contributed by atoms with E-state index in [0.29, 0.717) is 38.9 Å². The highest BCUT2D eigenvalue weighted by molar-refractivity contribution is 9.10. The molecule has 0 heterocycles. The van der Waals surface area contributed by atoms with E-state index in [0.717, 1.165) is 11.1 Å². The Morgan fingerprint density at radius 2 is 1.94 bits per heavy atom. The van der Waals surface area contributed by atoms with Crippen LogP contribution in [0.2, 0.25) is 5.02 Å². The maximum atomic E-state index is 12.6. The molecule has 162 valence electrons. The molecule has 1 amide bonds. The molecule has 0 saturated carbocycles. The number of nitriles is 1. The predicted molar refractivity (Wildman–Crippen MR) is 130 cm³/mol. The average Bonchev–Trinajstić information content (AvgIpc) is 2.77. The third-order valence-electron chi connectivity index (χ3n) is 4.50. The van der Waals surface area contributed by atoms with Crippen LogP contribution in [0.15, 0.2) is 70.7 Å². The molecule has 0 fully saturated rings. The molecular formula is C25H20BrClN2O3. The second-order valence-electron chi connectivity index (χ2n) is 6.94. The summed E-state index contributed by atoms with van der Waals surface area (Å²) in [7, 11) is 1.53. The monoisotopic (exact) mass is 510 g/mol. The van der Waals surface area contributed by atoms with E-state index < -0.39 is 5.91 Å². The summed E-state index contributed by atoms with van der Waals surface area (Å²) < 4.78 is 12.0. The molecule has 0 aliphatic carbocycles. The highest BCUT2D eigenvalue weighted by Gasteiger charge is 2.14. The number of hydrogen-bond donors (Lipinski definition) is 1. The number of rotatable bonds is 7. The smallest absolute Gasteiger partial charge is 0.266 e. The summed E-state index contributed by atoms with van der Waals surface area (Å²) in [5.74, 6) is 0.495. The number of nitrogens with one attached hydrogen (secondary N) is 1. The fourth-order valence-corrected chi connectivity index (χ4v) is 3.64. The fraction of sp³-hybridized carbons (Fsp3) is 0.120. The number of nitrogens with zero attached hydrogens (tertiary/aromatic N) is 1. The van der Waals surface area contributed by atoms with Crippen molar-refractivity contribution in [2.45, 2.75) is 13.5 Å². The molecule has 0 radical (unpaired) electrons.